The number of carbonyl (C=O) groups is 1. The van der Waals surface area contributed by atoms with Gasteiger partial charge in [0.15, 0.2) is 9.84 Å². The number of hydrogen-bond acceptors (Lipinski definition) is 3. The van der Waals surface area contributed by atoms with E-state index in [0.717, 1.165) is 11.1 Å². The van der Waals surface area contributed by atoms with Crippen molar-refractivity contribution in [3.63, 3.8) is 0 Å². The smallest absolute Gasteiger partial charge is 0.235 e. The Kier molecular flexibility index (Phi) is 5.89. The zero-order chi connectivity index (χ0) is 21.1. The fraction of sp³-hybridized carbons (Fsp3) is 0.208. The average Bonchev–Trinajstić information content (AvgIpc) is 2.69. The lowest BCUT2D eigenvalue weighted by atomic mass is 9.81. The number of nitrogens with one attached hydrogen (secondary N) is 1. The Balaban J connectivity index is 2.04. The zero-order valence-electron chi connectivity index (χ0n) is 16.8. The molecule has 4 nitrogen and oxygen atoms in total. The molecule has 0 spiro atoms. The fourth-order valence-electron chi connectivity index (χ4n) is 3.46. The summed E-state index contributed by atoms with van der Waals surface area (Å²) in [5.74, 6) is -0.680. The largest absolute Gasteiger partial charge is 0.325 e. The summed E-state index contributed by atoms with van der Waals surface area (Å²) in [6.45, 7) is 5.49. The minimum absolute atomic E-state index is 0.218. The quantitative estimate of drug-likeness (QED) is 0.646. The first kappa shape index (κ1) is 20.8. The van der Waals surface area contributed by atoms with Crippen molar-refractivity contribution in [2.75, 3.05) is 11.1 Å². The number of carbonyl (C=O) groups excluding carboxylic acids is 1. The maximum Gasteiger partial charge on any atom is 0.235 e. The van der Waals surface area contributed by atoms with Crippen molar-refractivity contribution in [1.29, 1.82) is 0 Å². The summed E-state index contributed by atoms with van der Waals surface area (Å²) in [4.78, 5) is 13.6. The van der Waals surface area contributed by atoms with Gasteiger partial charge in [-0.25, -0.2) is 8.42 Å². The lowest BCUT2D eigenvalue weighted by molar-refractivity contribution is -0.120. The van der Waals surface area contributed by atoms with Crippen LogP contribution in [0, 0.1) is 13.8 Å². The van der Waals surface area contributed by atoms with Crippen LogP contribution in [0.3, 0.4) is 0 Å². The van der Waals surface area contributed by atoms with Gasteiger partial charge >= 0.3 is 0 Å². The summed E-state index contributed by atoms with van der Waals surface area (Å²) < 4.78 is 26.4. The van der Waals surface area contributed by atoms with Crippen molar-refractivity contribution in [2.24, 2.45) is 0 Å². The highest BCUT2D eigenvalue weighted by Gasteiger charge is 2.41. The van der Waals surface area contributed by atoms with Crippen LogP contribution in [-0.4, -0.2) is 20.1 Å². The van der Waals surface area contributed by atoms with Crippen LogP contribution >= 0.6 is 0 Å². The van der Waals surface area contributed by atoms with Crippen LogP contribution in [0.4, 0.5) is 5.69 Å². The Morgan fingerprint density at radius 1 is 0.862 bits per heavy atom. The molecule has 29 heavy (non-hydrogen) atoms. The SMILES string of the molecule is Cc1ccc(S(=O)(=O)CC(C)(C(=O)Nc2ccccc2)c2ccccc2C)cc1. The Morgan fingerprint density at radius 3 is 2.07 bits per heavy atom. The number of para-hydroxylation sites is 1. The lowest BCUT2D eigenvalue weighted by Crippen LogP contribution is -2.44. The van der Waals surface area contributed by atoms with Gasteiger partial charge in [0, 0.05) is 5.69 Å². The van der Waals surface area contributed by atoms with E-state index in [-0.39, 0.29) is 16.6 Å². The van der Waals surface area contributed by atoms with E-state index < -0.39 is 15.3 Å². The van der Waals surface area contributed by atoms with Gasteiger partial charge in [0.05, 0.1) is 16.1 Å². The molecule has 1 N–H and O–H groups in total. The molecule has 0 bridgehead atoms. The van der Waals surface area contributed by atoms with Crippen LogP contribution in [0.15, 0.2) is 83.8 Å². The van der Waals surface area contributed by atoms with E-state index in [1.807, 2.05) is 56.3 Å². The van der Waals surface area contributed by atoms with Crippen LogP contribution in [0.1, 0.15) is 23.6 Å². The molecule has 1 amide bonds. The molecule has 0 aliphatic heterocycles. The fourth-order valence-corrected chi connectivity index (χ4v) is 5.22. The Bertz CT molecular complexity index is 1110. The standard InChI is InChI=1S/C24H25NO3S/c1-18-13-15-21(16-14-18)29(27,28)17-24(3,22-12-8-7-9-19(22)2)23(26)25-20-10-5-4-6-11-20/h4-16H,17H2,1-3H3,(H,25,26). The van der Waals surface area contributed by atoms with Crippen LogP contribution in [0.2, 0.25) is 0 Å². The number of aryl methyl sites for hydroxylation is 2. The van der Waals surface area contributed by atoms with Crippen molar-refractivity contribution in [2.45, 2.75) is 31.1 Å². The number of amides is 1. The molecule has 0 saturated carbocycles. The van der Waals surface area contributed by atoms with E-state index in [0.29, 0.717) is 11.3 Å². The molecule has 3 aromatic carbocycles. The van der Waals surface area contributed by atoms with Gasteiger partial charge in [0.25, 0.3) is 0 Å². The second kappa shape index (κ2) is 8.21. The molecule has 3 rings (SSSR count). The van der Waals surface area contributed by atoms with Crippen molar-refractivity contribution in [3.8, 4) is 0 Å². The van der Waals surface area contributed by atoms with Gasteiger partial charge in [0.1, 0.15) is 0 Å². The summed E-state index contributed by atoms with van der Waals surface area (Å²) in [6, 6.07) is 23.2. The van der Waals surface area contributed by atoms with Gasteiger partial charge in [-0.2, -0.15) is 0 Å². The monoisotopic (exact) mass is 407 g/mol. The van der Waals surface area contributed by atoms with Crippen LogP contribution in [0.25, 0.3) is 0 Å². The van der Waals surface area contributed by atoms with Crippen molar-refractivity contribution >= 4 is 21.4 Å². The van der Waals surface area contributed by atoms with E-state index in [1.165, 1.54) is 0 Å². The number of anilines is 1. The molecule has 0 aliphatic rings. The number of benzene rings is 3. The summed E-state index contributed by atoms with van der Waals surface area (Å²) in [6.07, 6.45) is 0. The number of hydrogen-bond donors (Lipinski definition) is 1. The second-order valence-electron chi connectivity index (χ2n) is 7.54. The predicted molar refractivity (Wildman–Crippen MR) is 117 cm³/mol. The molecule has 0 radical (unpaired) electrons. The third kappa shape index (κ3) is 4.57. The Morgan fingerprint density at radius 2 is 1.45 bits per heavy atom. The molecular weight excluding hydrogens is 382 g/mol. The first-order valence-corrected chi connectivity index (χ1v) is 11.1. The summed E-state index contributed by atoms with van der Waals surface area (Å²) in [5.41, 5.74) is 1.92. The van der Waals surface area contributed by atoms with Crippen LogP contribution in [0.5, 0.6) is 0 Å². The summed E-state index contributed by atoms with van der Waals surface area (Å²) in [5, 5.41) is 2.89. The normalized spacial score (nSPS) is 13.5. The average molecular weight is 408 g/mol. The van der Waals surface area contributed by atoms with Gasteiger partial charge in [0.2, 0.25) is 5.91 Å². The van der Waals surface area contributed by atoms with Gasteiger partial charge in [-0.3, -0.25) is 4.79 Å². The second-order valence-corrected chi connectivity index (χ2v) is 9.53. The zero-order valence-corrected chi connectivity index (χ0v) is 17.7. The van der Waals surface area contributed by atoms with Crippen LogP contribution < -0.4 is 5.32 Å². The number of rotatable bonds is 6. The number of sulfone groups is 1. The molecule has 3 aromatic rings. The van der Waals surface area contributed by atoms with Gasteiger partial charge in [-0.15, -0.1) is 0 Å². The summed E-state index contributed by atoms with van der Waals surface area (Å²) in [7, 11) is -3.70. The molecule has 1 unspecified atom stereocenters. The molecule has 0 saturated heterocycles. The van der Waals surface area contributed by atoms with Crippen molar-refractivity contribution in [1.82, 2.24) is 0 Å². The molecule has 5 heteroatoms. The highest BCUT2D eigenvalue weighted by molar-refractivity contribution is 7.91. The van der Waals surface area contributed by atoms with Crippen molar-refractivity contribution < 1.29 is 13.2 Å². The first-order chi connectivity index (χ1) is 13.7. The lowest BCUT2D eigenvalue weighted by Gasteiger charge is -2.30. The highest BCUT2D eigenvalue weighted by atomic mass is 32.2. The maximum atomic E-state index is 13.4. The molecule has 0 heterocycles. The molecular formula is C24H25NO3S. The maximum absolute atomic E-state index is 13.4. The minimum Gasteiger partial charge on any atom is -0.325 e. The Hall–Kier alpha value is -2.92. The van der Waals surface area contributed by atoms with Gasteiger partial charge < -0.3 is 5.32 Å². The Labute approximate surface area is 172 Å². The van der Waals surface area contributed by atoms with Gasteiger partial charge in [-0.1, -0.05) is 60.2 Å². The minimum atomic E-state index is -3.70. The van der Waals surface area contributed by atoms with E-state index >= 15 is 0 Å². The highest BCUT2D eigenvalue weighted by Crippen LogP contribution is 2.32. The summed E-state index contributed by atoms with van der Waals surface area (Å²) >= 11 is 0. The van der Waals surface area contributed by atoms with E-state index in [1.54, 1.807) is 43.3 Å². The molecule has 0 aromatic heterocycles. The van der Waals surface area contributed by atoms with Gasteiger partial charge in [-0.05, 0) is 56.2 Å². The first-order valence-electron chi connectivity index (χ1n) is 9.44. The molecule has 0 aliphatic carbocycles. The van der Waals surface area contributed by atoms with Crippen molar-refractivity contribution in [3.05, 3.63) is 95.6 Å². The third-order valence-electron chi connectivity index (χ3n) is 5.13. The topological polar surface area (TPSA) is 63.2 Å². The van der Waals surface area contributed by atoms with E-state index in [9.17, 15) is 13.2 Å². The molecule has 0 fully saturated rings. The van der Waals surface area contributed by atoms with Crippen LogP contribution in [-0.2, 0) is 20.0 Å². The molecule has 1 atom stereocenters. The predicted octanol–water partition coefficient (Wildman–Crippen LogP) is 4.67. The third-order valence-corrected chi connectivity index (χ3v) is 7.08. The molecule has 150 valence electrons. The van der Waals surface area contributed by atoms with E-state index in [2.05, 4.69) is 5.32 Å². The van der Waals surface area contributed by atoms with E-state index in [4.69, 9.17) is 0 Å².